The van der Waals surface area contributed by atoms with E-state index in [1.54, 1.807) is 16.8 Å². The summed E-state index contributed by atoms with van der Waals surface area (Å²) in [6.45, 7) is 6.86. The lowest BCUT2D eigenvalue weighted by molar-refractivity contribution is -0.578. The number of carbonyl (C=O) groups is 1. The number of hydrazine groups is 1. The fraction of sp³-hybridized carbons (Fsp3) is 0.565. The number of nitrogens with one attached hydrogen (secondary N) is 2. The highest BCUT2D eigenvalue weighted by Gasteiger charge is 2.27. The molecule has 1 aliphatic carbocycles. The number of nitrogens with two attached hydrogens (primary N) is 1. The van der Waals surface area contributed by atoms with E-state index in [-0.39, 0.29) is 11.3 Å². The molecule has 2 aromatic heterocycles. The van der Waals surface area contributed by atoms with E-state index in [1.807, 2.05) is 27.0 Å². The van der Waals surface area contributed by atoms with Crippen molar-refractivity contribution in [2.45, 2.75) is 71.8 Å². The molecule has 180 valence electrons. The first-order valence-corrected chi connectivity index (χ1v) is 11.4. The number of alkyl halides is 2. The van der Waals surface area contributed by atoms with Gasteiger partial charge in [-0.05, 0) is 44.5 Å². The lowest BCUT2D eigenvalue weighted by atomic mass is 9.90. The second-order valence-corrected chi connectivity index (χ2v) is 9.58. The summed E-state index contributed by atoms with van der Waals surface area (Å²) in [6.07, 6.45) is 9.79. The maximum absolute atomic E-state index is 13.5. The number of carbonyl (C=O) groups excluding carboxylic acids is 1. The molecule has 1 aliphatic rings. The number of halogens is 2. The Morgan fingerprint density at radius 2 is 2.06 bits per heavy atom. The van der Waals surface area contributed by atoms with Crippen LogP contribution in [0.5, 0.6) is 0 Å². The topological polar surface area (TPSA) is 104 Å². The highest BCUT2D eigenvalue weighted by molar-refractivity contribution is 5.99. The molecule has 4 N–H and O–H groups in total. The molecule has 1 atom stereocenters. The number of H-pyrrole nitrogens is 1. The number of hydrogen-bond donors (Lipinski definition) is 3. The van der Waals surface area contributed by atoms with Gasteiger partial charge in [0.2, 0.25) is 6.43 Å². The Bertz CT molecular complexity index is 1020. The van der Waals surface area contributed by atoms with Gasteiger partial charge in [-0.15, -0.1) is 4.52 Å². The fourth-order valence-electron chi connectivity index (χ4n) is 3.55. The van der Waals surface area contributed by atoms with Gasteiger partial charge in [-0.2, -0.15) is 0 Å². The third-order valence-corrected chi connectivity index (χ3v) is 5.90. The summed E-state index contributed by atoms with van der Waals surface area (Å²) in [7, 11) is 0. The van der Waals surface area contributed by atoms with Crippen LogP contribution in [0, 0.1) is 11.8 Å². The third-order valence-electron chi connectivity index (χ3n) is 5.90. The van der Waals surface area contributed by atoms with Crippen molar-refractivity contribution in [3.8, 4) is 0 Å². The van der Waals surface area contributed by atoms with Crippen LogP contribution in [0.1, 0.15) is 70.2 Å². The highest BCUT2D eigenvalue weighted by atomic mass is 19.3. The van der Waals surface area contributed by atoms with E-state index in [1.165, 1.54) is 43.6 Å². The van der Waals surface area contributed by atoms with E-state index in [4.69, 9.17) is 5.84 Å². The number of aromatic nitrogens is 3. The zero-order valence-electron chi connectivity index (χ0n) is 19.7. The molecule has 1 amide bonds. The Balaban J connectivity index is 1.85. The van der Waals surface area contributed by atoms with Crippen molar-refractivity contribution in [1.82, 2.24) is 20.4 Å². The second kappa shape index (κ2) is 10.4. The van der Waals surface area contributed by atoms with Gasteiger partial charge in [0, 0.05) is 23.7 Å². The first-order valence-electron chi connectivity index (χ1n) is 11.4. The van der Waals surface area contributed by atoms with E-state index in [0.29, 0.717) is 17.4 Å². The SMILES string of the molecule is CC(/C(=C\N(N)C(C)(C)C)NC(=O)c1c[nH][n+]2ccc(N=CC3CCCCC3)nc12)C(F)F. The van der Waals surface area contributed by atoms with Crippen LogP contribution in [0.2, 0.25) is 0 Å². The summed E-state index contributed by atoms with van der Waals surface area (Å²) >= 11 is 0. The lowest BCUT2D eigenvalue weighted by Crippen LogP contribution is -2.44. The molecule has 1 saturated carbocycles. The molecule has 3 rings (SSSR count). The number of aromatic amines is 1. The van der Waals surface area contributed by atoms with Crippen LogP contribution < -0.4 is 15.7 Å². The Labute approximate surface area is 192 Å². The molecule has 0 aliphatic heterocycles. The maximum Gasteiger partial charge on any atom is 0.363 e. The number of nitrogens with zero attached hydrogens (tertiary/aromatic N) is 4. The van der Waals surface area contributed by atoms with Gasteiger partial charge in [-0.1, -0.05) is 26.2 Å². The van der Waals surface area contributed by atoms with Gasteiger partial charge in [-0.3, -0.25) is 4.79 Å². The predicted molar refractivity (Wildman–Crippen MR) is 123 cm³/mol. The predicted octanol–water partition coefficient (Wildman–Crippen LogP) is 3.88. The average molecular weight is 463 g/mol. The van der Waals surface area contributed by atoms with Crippen molar-refractivity contribution in [3.05, 3.63) is 35.9 Å². The van der Waals surface area contributed by atoms with Crippen LogP contribution in [-0.2, 0) is 0 Å². The Kier molecular flexibility index (Phi) is 7.78. The highest BCUT2D eigenvalue weighted by Crippen LogP contribution is 2.23. The Morgan fingerprint density at radius 3 is 2.70 bits per heavy atom. The Hall–Kier alpha value is -2.88. The minimum Gasteiger partial charge on any atom is -0.323 e. The van der Waals surface area contributed by atoms with Crippen LogP contribution >= 0.6 is 0 Å². The molecule has 2 heterocycles. The zero-order chi connectivity index (χ0) is 24.2. The van der Waals surface area contributed by atoms with Gasteiger partial charge in [0.1, 0.15) is 6.20 Å². The van der Waals surface area contributed by atoms with Crippen LogP contribution in [0.4, 0.5) is 14.6 Å². The van der Waals surface area contributed by atoms with Crippen molar-refractivity contribution in [2.75, 3.05) is 0 Å². The van der Waals surface area contributed by atoms with E-state index in [0.717, 1.165) is 12.8 Å². The molecule has 8 nitrogen and oxygen atoms in total. The van der Waals surface area contributed by atoms with Gasteiger partial charge in [-0.25, -0.2) is 24.7 Å². The molecule has 0 spiro atoms. The van der Waals surface area contributed by atoms with Gasteiger partial charge in [0.15, 0.2) is 5.56 Å². The molecule has 33 heavy (non-hydrogen) atoms. The first-order chi connectivity index (χ1) is 15.6. The number of aliphatic imine (C=N–C) groups is 1. The van der Waals surface area contributed by atoms with E-state index >= 15 is 0 Å². The van der Waals surface area contributed by atoms with Crippen LogP contribution in [0.3, 0.4) is 0 Å². The summed E-state index contributed by atoms with van der Waals surface area (Å²) in [6, 6.07) is 1.75. The monoisotopic (exact) mass is 462 g/mol. The molecule has 0 bridgehead atoms. The van der Waals surface area contributed by atoms with E-state index < -0.39 is 23.8 Å². The van der Waals surface area contributed by atoms with Gasteiger partial charge < -0.3 is 10.3 Å². The molecule has 0 radical (unpaired) electrons. The summed E-state index contributed by atoms with van der Waals surface area (Å²) in [5.41, 5.74) is 0.0891. The number of fused-ring (bicyclic) bond motifs is 1. The standard InChI is InChI=1S/C23H33F2N7O/c1-15(20(24)25)18(14-32(26)23(2,3)4)29-22(33)17-13-28-31-11-10-19(30-21(17)31)27-12-16-8-6-5-7-9-16/h10-16,20H,5-9,26H2,1-4H3,(H,29,33)/p+1/b18-14+,27-12?. The van der Waals surface area contributed by atoms with Crippen molar-refractivity contribution in [1.29, 1.82) is 0 Å². The van der Waals surface area contributed by atoms with Crippen LogP contribution in [0.15, 0.2) is 35.3 Å². The first kappa shape index (κ1) is 24.8. The summed E-state index contributed by atoms with van der Waals surface area (Å²) in [4.78, 5) is 22.0. The molecule has 2 aromatic rings. The maximum atomic E-state index is 13.5. The van der Waals surface area contributed by atoms with Crippen LogP contribution in [-0.4, -0.2) is 39.2 Å². The lowest BCUT2D eigenvalue weighted by Gasteiger charge is -2.31. The molecule has 0 saturated heterocycles. The molecule has 10 heteroatoms. The molecular weight excluding hydrogens is 428 g/mol. The van der Waals surface area contributed by atoms with Crippen LogP contribution in [0.25, 0.3) is 5.65 Å². The van der Waals surface area contributed by atoms with E-state index in [2.05, 4.69) is 20.4 Å². The van der Waals surface area contributed by atoms with Gasteiger partial charge in [0.05, 0.1) is 18.2 Å². The van der Waals surface area contributed by atoms with Gasteiger partial charge >= 0.3 is 5.65 Å². The second-order valence-electron chi connectivity index (χ2n) is 9.58. The Morgan fingerprint density at radius 1 is 1.36 bits per heavy atom. The minimum absolute atomic E-state index is 0.0262. The summed E-state index contributed by atoms with van der Waals surface area (Å²) in [5.74, 6) is 5.17. The normalized spacial score (nSPS) is 17.2. The summed E-state index contributed by atoms with van der Waals surface area (Å²) < 4.78 is 28.5. The summed E-state index contributed by atoms with van der Waals surface area (Å²) in [5, 5.41) is 6.85. The van der Waals surface area contributed by atoms with E-state index in [9.17, 15) is 13.6 Å². The van der Waals surface area contributed by atoms with Gasteiger partial charge in [0.25, 0.3) is 11.7 Å². The number of rotatable bonds is 7. The minimum atomic E-state index is -2.67. The van der Waals surface area contributed by atoms with Crippen molar-refractivity contribution < 1.29 is 18.1 Å². The molecule has 1 fully saturated rings. The molecule has 0 aromatic carbocycles. The smallest absolute Gasteiger partial charge is 0.323 e. The molecule has 1 unspecified atom stereocenters. The van der Waals surface area contributed by atoms with Crippen molar-refractivity contribution >= 4 is 23.6 Å². The zero-order valence-corrected chi connectivity index (χ0v) is 19.7. The number of amides is 1. The average Bonchev–Trinajstić information content (AvgIpc) is 3.20. The largest absolute Gasteiger partial charge is 0.363 e. The fourth-order valence-corrected chi connectivity index (χ4v) is 3.55. The number of hydrogen-bond acceptors (Lipinski definition) is 5. The van der Waals surface area contributed by atoms with Crippen molar-refractivity contribution in [3.63, 3.8) is 0 Å². The third kappa shape index (κ3) is 6.34. The molecular formula is C23H34F2N7O+. The number of allylic oxidation sites excluding steroid dienone is 1. The quantitative estimate of drug-likeness (QED) is 0.251. The van der Waals surface area contributed by atoms with Crippen molar-refractivity contribution in [2.24, 2.45) is 22.7 Å².